The quantitative estimate of drug-likeness (QED) is 0.722. The summed E-state index contributed by atoms with van der Waals surface area (Å²) in [7, 11) is -0.0966. The molecule has 0 saturated heterocycles. The maximum absolute atomic E-state index is 12.7. The molecular weight excluding hydrogens is 320 g/mol. The first kappa shape index (κ1) is 16.3. The minimum absolute atomic E-state index is 0.675. The third-order valence-electron chi connectivity index (χ3n) is 4.23. The number of nitrogens with zero attached hydrogens (tertiary/aromatic N) is 2. The van der Waals surface area contributed by atoms with Crippen LogP contribution in [0.15, 0.2) is 60.0 Å². The molecule has 0 radical (unpaired) electrons. The van der Waals surface area contributed by atoms with E-state index in [0.29, 0.717) is 5.82 Å². The van der Waals surface area contributed by atoms with Crippen molar-refractivity contribution in [3.05, 3.63) is 71.1 Å². The van der Waals surface area contributed by atoms with Crippen LogP contribution in [0.1, 0.15) is 11.1 Å². The van der Waals surface area contributed by atoms with E-state index in [1.807, 2.05) is 73.1 Å². The predicted octanol–water partition coefficient (Wildman–Crippen LogP) is 3.92. The summed E-state index contributed by atoms with van der Waals surface area (Å²) in [6, 6.07) is 17.3. The number of sulfonamides is 1. The highest BCUT2D eigenvalue weighted by Crippen LogP contribution is 2.32. The molecule has 0 aliphatic heterocycles. The number of aromatic nitrogens is 1. The fourth-order valence-electron chi connectivity index (χ4n) is 2.96. The Bertz CT molecular complexity index is 964. The molecule has 0 amide bonds. The van der Waals surface area contributed by atoms with Gasteiger partial charge < -0.3 is 4.57 Å². The molecule has 2 aromatic carbocycles. The normalized spacial score (nSPS) is 12.1. The van der Waals surface area contributed by atoms with E-state index in [1.54, 1.807) is 13.1 Å². The number of benzene rings is 2. The number of aryl methyl sites for hydroxylation is 2. The summed E-state index contributed by atoms with van der Waals surface area (Å²) in [6.45, 7) is 1.95. The number of hydrogen-bond acceptors (Lipinski definition) is 2. The fraction of sp³-hybridized carbons (Fsp3) is 0.158. The number of hydrogen-bond donors (Lipinski definition) is 0. The van der Waals surface area contributed by atoms with Gasteiger partial charge in [0.15, 0.2) is 0 Å². The molecule has 1 aromatic heterocycles. The molecule has 0 aliphatic rings. The highest BCUT2D eigenvalue weighted by molar-refractivity contribution is 7.95. The zero-order valence-corrected chi connectivity index (χ0v) is 14.8. The summed E-state index contributed by atoms with van der Waals surface area (Å²) < 4.78 is 28.7. The lowest BCUT2D eigenvalue weighted by Gasteiger charge is -2.19. The molecule has 0 bridgehead atoms. The largest absolute Gasteiger partial charge is 0.330 e. The number of fused-ring (bicyclic) bond motifs is 1. The molecule has 0 N–H and O–H groups in total. The average molecular weight is 340 g/mol. The van der Waals surface area contributed by atoms with Crippen molar-refractivity contribution in [3.63, 3.8) is 0 Å². The van der Waals surface area contributed by atoms with E-state index in [9.17, 15) is 8.42 Å². The SMILES string of the molecule is Cc1c(N(C)S(=O)(=O)/C=C/c2ccccc2)n(C)c2ccccc12. The van der Waals surface area contributed by atoms with Crippen LogP contribution in [-0.4, -0.2) is 20.0 Å². The summed E-state index contributed by atoms with van der Waals surface area (Å²) in [5.74, 6) is 0.675. The van der Waals surface area contributed by atoms with Gasteiger partial charge in [-0.25, -0.2) is 8.42 Å². The molecule has 0 saturated carbocycles. The summed E-state index contributed by atoms with van der Waals surface area (Å²) in [5.41, 5.74) is 2.81. The van der Waals surface area contributed by atoms with Crippen LogP contribution in [0.3, 0.4) is 0 Å². The van der Waals surface area contributed by atoms with Crippen molar-refractivity contribution in [1.82, 2.24) is 4.57 Å². The fourth-order valence-corrected chi connectivity index (χ4v) is 3.97. The smallest absolute Gasteiger partial charge is 0.258 e. The van der Waals surface area contributed by atoms with Gasteiger partial charge in [0, 0.05) is 30.6 Å². The second kappa shape index (κ2) is 6.17. The summed E-state index contributed by atoms with van der Waals surface area (Å²) in [6.07, 6.45) is 1.61. The van der Waals surface area contributed by atoms with Gasteiger partial charge in [0.1, 0.15) is 5.82 Å². The number of anilines is 1. The van der Waals surface area contributed by atoms with E-state index >= 15 is 0 Å². The van der Waals surface area contributed by atoms with Gasteiger partial charge in [-0.05, 0) is 24.6 Å². The van der Waals surface area contributed by atoms with Crippen LogP contribution >= 0.6 is 0 Å². The van der Waals surface area contributed by atoms with E-state index in [1.165, 1.54) is 9.71 Å². The van der Waals surface area contributed by atoms with Gasteiger partial charge >= 0.3 is 0 Å². The second-order valence-electron chi connectivity index (χ2n) is 5.75. The Morgan fingerprint density at radius 2 is 1.62 bits per heavy atom. The maximum Gasteiger partial charge on any atom is 0.258 e. The number of rotatable bonds is 4. The average Bonchev–Trinajstić information content (AvgIpc) is 2.85. The standard InChI is InChI=1S/C19H20N2O2S/c1-15-17-11-7-8-12-18(17)20(2)19(15)21(3)24(22,23)14-13-16-9-5-4-6-10-16/h4-14H,1-3H3/b14-13+. The summed E-state index contributed by atoms with van der Waals surface area (Å²) in [5, 5.41) is 2.31. The zero-order valence-electron chi connectivity index (χ0n) is 14.0. The summed E-state index contributed by atoms with van der Waals surface area (Å²) >= 11 is 0. The molecular formula is C19H20N2O2S. The number of para-hydroxylation sites is 1. The van der Waals surface area contributed by atoms with Crippen molar-refractivity contribution in [3.8, 4) is 0 Å². The van der Waals surface area contributed by atoms with Crippen LogP contribution in [0.2, 0.25) is 0 Å². The van der Waals surface area contributed by atoms with Crippen molar-refractivity contribution in [2.24, 2.45) is 7.05 Å². The first-order chi connectivity index (χ1) is 11.4. The predicted molar refractivity (Wildman–Crippen MR) is 100 cm³/mol. The highest BCUT2D eigenvalue weighted by atomic mass is 32.2. The van der Waals surface area contributed by atoms with Crippen LogP contribution < -0.4 is 4.31 Å². The minimum Gasteiger partial charge on any atom is -0.330 e. The van der Waals surface area contributed by atoms with Crippen LogP contribution in [-0.2, 0) is 17.1 Å². The van der Waals surface area contributed by atoms with E-state index in [0.717, 1.165) is 22.0 Å². The second-order valence-corrected chi connectivity index (χ2v) is 7.60. The zero-order chi connectivity index (χ0) is 17.3. The molecule has 0 unspecified atom stereocenters. The highest BCUT2D eigenvalue weighted by Gasteiger charge is 2.22. The molecule has 0 aliphatic carbocycles. The Kier molecular flexibility index (Phi) is 4.20. The van der Waals surface area contributed by atoms with E-state index < -0.39 is 10.0 Å². The van der Waals surface area contributed by atoms with Gasteiger partial charge in [0.2, 0.25) is 0 Å². The van der Waals surface area contributed by atoms with E-state index in [4.69, 9.17) is 0 Å². The first-order valence-corrected chi connectivity index (χ1v) is 9.18. The van der Waals surface area contributed by atoms with Crippen LogP contribution in [0.4, 0.5) is 5.82 Å². The topological polar surface area (TPSA) is 42.3 Å². The van der Waals surface area contributed by atoms with Gasteiger partial charge in [-0.1, -0.05) is 48.5 Å². The van der Waals surface area contributed by atoms with Gasteiger partial charge in [0.25, 0.3) is 10.0 Å². The molecule has 0 spiro atoms. The molecule has 0 fully saturated rings. The van der Waals surface area contributed by atoms with Crippen LogP contribution in [0, 0.1) is 6.92 Å². The molecule has 3 rings (SSSR count). The van der Waals surface area contributed by atoms with E-state index in [-0.39, 0.29) is 0 Å². The van der Waals surface area contributed by atoms with Gasteiger partial charge in [-0.15, -0.1) is 0 Å². The van der Waals surface area contributed by atoms with Crippen molar-refractivity contribution < 1.29 is 8.42 Å². The maximum atomic E-state index is 12.7. The Morgan fingerprint density at radius 1 is 1.00 bits per heavy atom. The third kappa shape index (κ3) is 2.83. The lowest BCUT2D eigenvalue weighted by molar-refractivity contribution is 0.602. The molecule has 5 heteroatoms. The van der Waals surface area contributed by atoms with Crippen LogP contribution in [0.5, 0.6) is 0 Å². The van der Waals surface area contributed by atoms with Crippen molar-refractivity contribution >= 4 is 32.8 Å². The molecule has 3 aromatic rings. The molecule has 24 heavy (non-hydrogen) atoms. The van der Waals surface area contributed by atoms with Gasteiger partial charge in [-0.2, -0.15) is 0 Å². The minimum atomic E-state index is -3.57. The van der Waals surface area contributed by atoms with Gasteiger partial charge in [-0.3, -0.25) is 4.31 Å². The Labute approximate surface area is 142 Å². The van der Waals surface area contributed by atoms with Crippen LogP contribution in [0.25, 0.3) is 17.0 Å². The Morgan fingerprint density at radius 3 is 2.29 bits per heavy atom. The molecule has 4 nitrogen and oxygen atoms in total. The van der Waals surface area contributed by atoms with Crippen molar-refractivity contribution in [2.75, 3.05) is 11.4 Å². The lowest BCUT2D eigenvalue weighted by atomic mass is 10.2. The molecule has 0 atom stereocenters. The van der Waals surface area contributed by atoms with E-state index in [2.05, 4.69) is 0 Å². The van der Waals surface area contributed by atoms with Crippen molar-refractivity contribution in [2.45, 2.75) is 6.92 Å². The Hall–Kier alpha value is -2.53. The third-order valence-corrected chi connectivity index (χ3v) is 5.65. The Balaban J connectivity index is 2.02. The monoisotopic (exact) mass is 340 g/mol. The lowest BCUT2D eigenvalue weighted by Crippen LogP contribution is -2.26. The molecule has 124 valence electrons. The summed E-state index contributed by atoms with van der Waals surface area (Å²) in [4.78, 5) is 0. The van der Waals surface area contributed by atoms with Crippen molar-refractivity contribution in [1.29, 1.82) is 0 Å². The first-order valence-electron chi connectivity index (χ1n) is 7.68. The molecule has 1 heterocycles. The van der Waals surface area contributed by atoms with Gasteiger partial charge in [0.05, 0.1) is 5.41 Å².